The van der Waals surface area contributed by atoms with Crippen LogP contribution in [0.3, 0.4) is 0 Å². The Morgan fingerprint density at radius 1 is 1.18 bits per heavy atom. The second-order valence-electron chi connectivity index (χ2n) is 7.55. The van der Waals surface area contributed by atoms with Gasteiger partial charge in [-0.05, 0) is 61.1 Å². The van der Waals surface area contributed by atoms with Crippen molar-refractivity contribution >= 4 is 6.03 Å². The number of amides is 2. The minimum Gasteiger partial charge on any atom is -0.335 e. The van der Waals surface area contributed by atoms with Gasteiger partial charge in [0.1, 0.15) is 0 Å². The molecule has 0 spiro atoms. The number of carbonyl (C=O) groups is 1. The second kappa shape index (κ2) is 5.60. The first-order valence-corrected chi connectivity index (χ1v) is 8.82. The van der Waals surface area contributed by atoms with Crippen LogP contribution in [0.5, 0.6) is 0 Å². The summed E-state index contributed by atoms with van der Waals surface area (Å²) in [5.41, 5.74) is 4.08. The summed E-state index contributed by atoms with van der Waals surface area (Å²) in [6, 6.07) is 7.05. The Kier molecular flexibility index (Phi) is 3.59. The Labute approximate surface area is 133 Å². The Hall–Kier alpha value is -1.51. The van der Waals surface area contributed by atoms with Crippen LogP contribution in [0.2, 0.25) is 0 Å². The first-order valence-electron chi connectivity index (χ1n) is 8.82. The molecule has 4 rings (SSSR count). The number of fused-ring (bicyclic) bond motifs is 3. The van der Waals surface area contributed by atoms with Crippen molar-refractivity contribution in [2.24, 2.45) is 11.8 Å². The molecular weight excluding hydrogens is 272 g/mol. The maximum absolute atomic E-state index is 12.6. The van der Waals surface area contributed by atoms with Crippen molar-refractivity contribution in [1.82, 2.24) is 10.2 Å². The zero-order valence-electron chi connectivity index (χ0n) is 13.5. The second-order valence-corrected chi connectivity index (χ2v) is 7.55. The third-order valence-electron chi connectivity index (χ3n) is 6.01. The number of hydrogen-bond donors (Lipinski definition) is 1. The molecule has 2 atom stereocenters. The molecule has 0 aromatic heterocycles. The van der Waals surface area contributed by atoms with E-state index in [9.17, 15) is 4.79 Å². The average Bonchev–Trinajstić information content (AvgIpc) is 2.86. The monoisotopic (exact) mass is 298 g/mol. The van der Waals surface area contributed by atoms with Gasteiger partial charge in [-0.15, -0.1) is 0 Å². The molecule has 2 bridgehead atoms. The molecular formula is C19H26N2O. The van der Waals surface area contributed by atoms with E-state index < -0.39 is 0 Å². The van der Waals surface area contributed by atoms with Crippen LogP contribution in [0, 0.1) is 18.8 Å². The van der Waals surface area contributed by atoms with Crippen molar-refractivity contribution in [3.8, 4) is 0 Å². The van der Waals surface area contributed by atoms with Crippen LogP contribution in [0.15, 0.2) is 18.2 Å². The molecule has 118 valence electrons. The maximum atomic E-state index is 12.6. The van der Waals surface area contributed by atoms with E-state index in [1.165, 1.54) is 48.8 Å². The number of aryl methyl sites for hydroxylation is 1. The van der Waals surface area contributed by atoms with Gasteiger partial charge >= 0.3 is 6.03 Å². The predicted octanol–water partition coefficient (Wildman–Crippen LogP) is 3.64. The van der Waals surface area contributed by atoms with Crippen LogP contribution >= 0.6 is 0 Å². The van der Waals surface area contributed by atoms with Crippen molar-refractivity contribution in [3.05, 3.63) is 34.9 Å². The largest absolute Gasteiger partial charge is 0.335 e. The number of benzene rings is 1. The van der Waals surface area contributed by atoms with E-state index in [1.54, 1.807) is 0 Å². The lowest BCUT2D eigenvalue weighted by atomic mass is 9.85. The molecule has 0 radical (unpaired) electrons. The molecule has 3 nitrogen and oxygen atoms in total. The Morgan fingerprint density at radius 3 is 2.73 bits per heavy atom. The van der Waals surface area contributed by atoms with E-state index in [0.717, 1.165) is 31.3 Å². The summed E-state index contributed by atoms with van der Waals surface area (Å²) in [6.07, 6.45) is 7.56. The van der Waals surface area contributed by atoms with E-state index in [2.05, 4.69) is 30.4 Å². The maximum Gasteiger partial charge on any atom is 0.317 e. The lowest BCUT2D eigenvalue weighted by Gasteiger charge is -2.34. The van der Waals surface area contributed by atoms with Crippen molar-refractivity contribution in [2.75, 3.05) is 6.54 Å². The highest BCUT2D eigenvalue weighted by atomic mass is 16.2. The number of rotatable bonds is 1. The molecule has 1 N–H and O–H groups in total. The first kappa shape index (κ1) is 14.1. The number of urea groups is 1. The van der Waals surface area contributed by atoms with Gasteiger partial charge in [-0.2, -0.15) is 0 Å². The van der Waals surface area contributed by atoms with E-state index in [1.807, 2.05) is 4.90 Å². The molecule has 2 fully saturated rings. The SMILES string of the molecule is Cc1cccc2c1CN(C(=O)NC1CC3CCC(C3)C1)CC2. The normalized spacial score (nSPS) is 30.0. The topological polar surface area (TPSA) is 32.3 Å². The number of nitrogens with one attached hydrogen (secondary N) is 1. The van der Waals surface area contributed by atoms with Gasteiger partial charge in [0.2, 0.25) is 0 Å². The Bertz CT molecular complexity index is 571. The van der Waals surface area contributed by atoms with E-state index in [-0.39, 0.29) is 6.03 Å². The summed E-state index contributed by atoms with van der Waals surface area (Å²) in [5, 5.41) is 3.33. The summed E-state index contributed by atoms with van der Waals surface area (Å²) in [7, 11) is 0. The summed E-state index contributed by atoms with van der Waals surface area (Å²) >= 11 is 0. The minimum absolute atomic E-state index is 0.153. The summed E-state index contributed by atoms with van der Waals surface area (Å²) < 4.78 is 0. The van der Waals surface area contributed by atoms with Gasteiger partial charge in [-0.1, -0.05) is 31.0 Å². The van der Waals surface area contributed by atoms with Gasteiger partial charge in [0.25, 0.3) is 0 Å². The van der Waals surface area contributed by atoms with Gasteiger partial charge < -0.3 is 10.2 Å². The highest BCUT2D eigenvalue weighted by Gasteiger charge is 2.35. The van der Waals surface area contributed by atoms with Crippen LogP contribution in [0.1, 0.15) is 48.8 Å². The standard InChI is InChI=1S/C19H26N2O/c1-13-3-2-4-16-7-8-21(12-18(13)16)19(22)20-17-10-14-5-6-15(9-14)11-17/h2-4,14-15,17H,5-12H2,1H3,(H,20,22). The average molecular weight is 298 g/mol. The quantitative estimate of drug-likeness (QED) is 0.843. The molecule has 2 amide bonds. The molecule has 1 aromatic rings. The minimum atomic E-state index is 0.153. The van der Waals surface area contributed by atoms with Crippen LogP contribution in [-0.2, 0) is 13.0 Å². The fourth-order valence-electron chi connectivity index (χ4n) is 4.81. The Morgan fingerprint density at radius 2 is 1.95 bits per heavy atom. The molecule has 3 aliphatic rings. The third kappa shape index (κ3) is 2.62. The third-order valence-corrected chi connectivity index (χ3v) is 6.01. The molecule has 2 aliphatic carbocycles. The van der Waals surface area contributed by atoms with Crippen molar-refractivity contribution in [2.45, 2.75) is 58.0 Å². The van der Waals surface area contributed by atoms with Gasteiger partial charge in [-0.3, -0.25) is 0 Å². The highest BCUT2D eigenvalue weighted by Crippen LogP contribution is 2.41. The van der Waals surface area contributed by atoms with Crippen molar-refractivity contribution in [3.63, 3.8) is 0 Å². The smallest absolute Gasteiger partial charge is 0.317 e. The molecule has 1 aliphatic heterocycles. The molecule has 22 heavy (non-hydrogen) atoms. The van der Waals surface area contributed by atoms with Crippen LogP contribution in [0.4, 0.5) is 4.79 Å². The van der Waals surface area contributed by atoms with E-state index >= 15 is 0 Å². The lowest BCUT2D eigenvalue weighted by Crippen LogP contribution is -2.48. The van der Waals surface area contributed by atoms with Crippen LogP contribution < -0.4 is 5.32 Å². The van der Waals surface area contributed by atoms with Crippen LogP contribution in [0.25, 0.3) is 0 Å². The first-order chi connectivity index (χ1) is 10.7. The molecule has 0 saturated heterocycles. The lowest BCUT2D eigenvalue weighted by molar-refractivity contribution is 0.179. The predicted molar refractivity (Wildman–Crippen MR) is 87.7 cm³/mol. The summed E-state index contributed by atoms with van der Waals surface area (Å²) in [6.45, 7) is 3.77. The molecule has 1 heterocycles. The number of hydrogen-bond acceptors (Lipinski definition) is 1. The van der Waals surface area contributed by atoms with E-state index in [0.29, 0.717) is 6.04 Å². The summed E-state index contributed by atoms with van der Waals surface area (Å²) in [5.74, 6) is 1.74. The number of carbonyl (C=O) groups excluding carboxylic acids is 1. The molecule has 1 aromatic carbocycles. The van der Waals surface area contributed by atoms with Gasteiger partial charge in [0.05, 0.1) is 0 Å². The van der Waals surface area contributed by atoms with Crippen molar-refractivity contribution < 1.29 is 4.79 Å². The molecule has 2 unspecified atom stereocenters. The zero-order valence-corrected chi connectivity index (χ0v) is 13.5. The fraction of sp³-hybridized carbons (Fsp3) is 0.632. The Balaban J connectivity index is 1.40. The van der Waals surface area contributed by atoms with E-state index in [4.69, 9.17) is 0 Å². The fourth-order valence-corrected chi connectivity index (χ4v) is 4.81. The molecule has 3 heteroatoms. The molecule has 2 saturated carbocycles. The highest BCUT2D eigenvalue weighted by molar-refractivity contribution is 5.75. The van der Waals surface area contributed by atoms with Crippen LogP contribution in [-0.4, -0.2) is 23.5 Å². The van der Waals surface area contributed by atoms with Gasteiger partial charge in [0.15, 0.2) is 0 Å². The zero-order chi connectivity index (χ0) is 15.1. The van der Waals surface area contributed by atoms with Gasteiger partial charge in [0, 0.05) is 19.1 Å². The van der Waals surface area contributed by atoms with Gasteiger partial charge in [-0.25, -0.2) is 4.79 Å². The number of nitrogens with zero attached hydrogens (tertiary/aromatic N) is 1. The van der Waals surface area contributed by atoms with Crippen molar-refractivity contribution in [1.29, 1.82) is 0 Å². The summed E-state index contributed by atoms with van der Waals surface area (Å²) in [4.78, 5) is 14.6.